The molecule has 0 aliphatic heterocycles. The minimum absolute atomic E-state index is 0.0986. The zero-order valence-electron chi connectivity index (χ0n) is 19.7. The topological polar surface area (TPSA) is 114 Å². The van der Waals surface area contributed by atoms with Gasteiger partial charge >= 0.3 is 11.9 Å². The number of allylic oxidation sites excluding steroid dienone is 1. The van der Waals surface area contributed by atoms with E-state index in [1.807, 2.05) is 42.5 Å². The van der Waals surface area contributed by atoms with Crippen molar-refractivity contribution < 1.29 is 33.8 Å². The Hall–Kier alpha value is -3.97. The minimum Gasteiger partial charge on any atom is -0.481 e. The molecule has 36 heavy (non-hydrogen) atoms. The summed E-state index contributed by atoms with van der Waals surface area (Å²) in [5.41, 5.74) is 2.33. The van der Waals surface area contributed by atoms with E-state index in [-0.39, 0.29) is 25.0 Å². The molecule has 1 saturated carbocycles. The van der Waals surface area contributed by atoms with Crippen molar-refractivity contribution in [2.75, 3.05) is 0 Å². The van der Waals surface area contributed by atoms with Gasteiger partial charge in [-0.05, 0) is 41.5 Å². The molecule has 1 aromatic heterocycles. The number of aliphatic hydroxyl groups excluding tert-OH is 1. The van der Waals surface area contributed by atoms with E-state index < -0.39 is 36.0 Å². The highest BCUT2D eigenvalue weighted by Crippen LogP contribution is 2.38. The molecule has 1 heterocycles. The van der Waals surface area contributed by atoms with Crippen molar-refractivity contribution in [3.8, 4) is 11.1 Å². The predicted octanol–water partition coefficient (Wildman–Crippen LogP) is 4.70. The second-order valence-corrected chi connectivity index (χ2v) is 8.93. The second-order valence-electron chi connectivity index (χ2n) is 8.93. The molecule has 0 unspecified atom stereocenters. The highest BCUT2D eigenvalue weighted by atomic mass is 16.5. The summed E-state index contributed by atoms with van der Waals surface area (Å²) in [5, 5.41) is 19.9. The molecule has 1 aliphatic rings. The van der Waals surface area contributed by atoms with Crippen LogP contribution in [0, 0.1) is 11.8 Å². The second kappa shape index (κ2) is 11.6. The van der Waals surface area contributed by atoms with Crippen molar-refractivity contribution in [2.24, 2.45) is 11.8 Å². The van der Waals surface area contributed by atoms with Crippen LogP contribution in [0.1, 0.15) is 35.4 Å². The van der Waals surface area contributed by atoms with Crippen LogP contribution in [-0.4, -0.2) is 40.1 Å². The van der Waals surface area contributed by atoms with Gasteiger partial charge in [0, 0.05) is 31.1 Å². The maximum Gasteiger partial charge on any atom is 0.338 e. The van der Waals surface area contributed by atoms with Gasteiger partial charge in [0.1, 0.15) is 11.9 Å². The summed E-state index contributed by atoms with van der Waals surface area (Å²) in [7, 11) is 0. The molecule has 3 aromatic rings. The number of aliphatic carboxylic acids is 1. The molecule has 7 nitrogen and oxygen atoms in total. The van der Waals surface area contributed by atoms with Crippen LogP contribution in [0.3, 0.4) is 0 Å². The van der Waals surface area contributed by atoms with Crippen LogP contribution in [0.25, 0.3) is 11.1 Å². The Morgan fingerprint density at radius 1 is 0.972 bits per heavy atom. The predicted molar refractivity (Wildman–Crippen MR) is 132 cm³/mol. The molecule has 0 radical (unpaired) electrons. The molecule has 4 atom stereocenters. The zero-order chi connectivity index (χ0) is 25.5. The van der Waals surface area contributed by atoms with Gasteiger partial charge < -0.3 is 19.4 Å². The van der Waals surface area contributed by atoms with Crippen LogP contribution in [0.2, 0.25) is 0 Å². The van der Waals surface area contributed by atoms with E-state index in [4.69, 9.17) is 9.15 Å². The van der Waals surface area contributed by atoms with Crippen LogP contribution in [-0.2, 0) is 20.7 Å². The van der Waals surface area contributed by atoms with Crippen LogP contribution < -0.4 is 0 Å². The Morgan fingerprint density at radius 3 is 2.36 bits per heavy atom. The number of benzene rings is 2. The quantitative estimate of drug-likeness (QED) is 0.314. The Balaban J connectivity index is 1.44. The Kier molecular flexibility index (Phi) is 8.13. The lowest BCUT2D eigenvalue weighted by atomic mass is 9.90. The van der Waals surface area contributed by atoms with Crippen molar-refractivity contribution in [1.82, 2.24) is 0 Å². The molecule has 7 heteroatoms. The summed E-state index contributed by atoms with van der Waals surface area (Å²) < 4.78 is 11.0. The SMILES string of the molecule is O=C(O)C[C@H]1[C@H](C=CC(=O)CCc2ccco2)[C@@H](OC(=O)c2ccc(-c3ccccc3)cc2)C[C@H]1O. The number of ether oxygens (including phenoxy) is 1. The Labute approximate surface area is 209 Å². The number of hydrogen-bond acceptors (Lipinski definition) is 6. The van der Waals surface area contributed by atoms with Gasteiger partial charge in [-0.25, -0.2) is 4.79 Å². The number of aliphatic hydroxyl groups is 1. The van der Waals surface area contributed by atoms with Gasteiger partial charge in [0.2, 0.25) is 0 Å². The normalized spacial score (nSPS) is 21.5. The van der Waals surface area contributed by atoms with E-state index in [2.05, 4.69) is 0 Å². The number of carbonyl (C=O) groups excluding carboxylic acids is 2. The average molecular weight is 489 g/mol. The molecule has 4 rings (SSSR count). The smallest absolute Gasteiger partial charge is 0.338 e. The fourth-order valence-electron chi connectivity index (χ4n) is 4.61. The Morgan fingerprint density at radius 2 is 1.69 bits per heavy atom. The largest absolute Gasteiger partial charge is 0.481 e. The number of ketones is 1. The number of carbonyl (C=O) groups is 3. The highest BCUT2D eigenvalue weighted by molar-refractivity contribution is 5.91. The first-order chi connectivity index (χ1) is 17.4. The number of carboxylic acids is 1. The summed E-state index contributed by atoms with van der Waals surface area (Å²) >= 11 is 0. The summed E-state index contributed by atoms with van der Waals surface area (Å²) in [4.78, 5) is 36.7. The van der Waals surface area contributed by atoms with Crippen molar-refractivity contribution >= 4 is 17.7 Å². The molecule has 0 spiro atoms. The summed E-state index contributed by atoms with van der Waals surface area (Å²) in [6.07, 6.45) is 3.26. The van der Waals surface area contributed by atoms with E-state index in [1.54, 1.807) is 36.6 Å². The van der Waals surface area contributed by atoms with Gasteiger partial charge in [0.05, 0.1) is 24.4 Å². The van der Waals surface area contributed by atoms with E-state index >= 15 is 0 Å². The summed E-state index contributed by atoms with van der Waals surface area (Å²) in [6.45, 7) is 0. The van der Waals surface area contributed by atoms with Gasteiger partial charge in [-0.1, -0.05) is 48.5 Å². The zero-order valence-corrected chi connectivity index (χ0v) is 19.7. The van der Waals surface area contributed by atoms with Gasteiger partial charge in [0.15, 0.2) is 5.78 Å². The highest BCUT2D eigenvalue weighted by Gasteiger charge is 2.44. The molecule has 186 valence electrons. The molecular formula is C29H28O7. The Bertz CT molecular complexity index is 1200. The number of carboxylic acid groups (broad SMARTS) is 1. The first kappa shape index (κ1) is 25.1. The fraction of sp³-hybridized carbons (Fsp3) is 0.276. The number of furan rings is 1. The summed E-state index contributed by atoms with van der Waals surface area (Å²) in [5.74, 6) is -2.37. The molecule has 2 N–H and O–H groups in total. The number of esters is 1. The maximum atomic E-state index is 12.9. The lowest BCUT2D eigenvalue weighted by Crippen LogP contribution is -2.26. The van der Waals surface area contributed by atoms with Gasteiger partial charge in [-0.2, -0.15) is 0 Å². The monoisotopic (exact) mass is 488 g/mol. The lowest BCUT2D eigenvalue weighted by molar-refractivity contribution is -0.139. The first-order valence-electron chi connectivity index (χ1n) is 11.9. The maximum absolute atomic E-state index is 12.9. The van der Waals surface area contributed by atoms with Crippen molar-refractivity contribution in [3.63, 3.8) is 0 Å². The lowest BCUT2D eigenvalue weighted by Gasteiger charge is -2.21. The number of aryl methyl sites for hydroxylation is 1. The molecular weight excluding hydrogens is 460 g/mol. The van der Waals surface area contributed by atoms with Crippen molar-refractivity contribution in [2.45, 2.75) is 37.9 Å². The first-order valence-corrected chi connectivity index (χ1v) is 11.9. The standard InChI is InChI=1S/C29H28O7/c30-22(12-14-23-7-4-16-35-23)13-15-24-25(17-28(32)33)26(31)18-27(24)36-29(34)21-10-8-20(9-11-21)19-5-2-1-3-6-19/h1-11,13,15-16,24-27,31H,12,14,17-18H2,(H,32,33)/t24-,25-,26+,27-/m0/s1. The van der Waals surface area contributed by atoms with Gasteiger partial charge in [0.25, 0.3) is 0 Å². The number of hydrogen-bond donors (Lipinski definition) is 2. The third-order valence-electron chi connectivity index (χ3n) is 6.49. The van der Waals surface area contributed by atoms with E-state index in [9.17, 15) is 24.6 Å². The summed E-state index contributed by atoms with van der Waals surface area (Å²) in [6, 6.07) is 20.3. The molecule has 2 aromatic carbocycles. The third kappa shape index (κ3) is 6.37. The molecule has 1 fully saturated rings. The minimum atomic E-state index is -1.06. The van der Waals surface area contributed by atoms with Crippen LogP contribution in [0.5, 0.6) is 0 Å². The van der Waals surface area contributed by atoms with Crippen LogP contribution in [0.4, 0.5) is 0 Å². The molecule has 0 bridgehead atoms. The van der Waals surface area contributed by atoms with Crippen molar-refractivity contribution in [3.05, 3.63) is 96.5 Å². The van der Waals surface area contributed by atoms with Crippen molar-refractivity contribution in [1.29, 1.82) is 0 Å². The number of rotatable bonds is 10. The van der Waals surface area contributed by atoms with E-state index in [0.717, 1.165) is 11.1 Å². The van der Waals surface area contributed by atoms with Gasteiger partial charge in [-0.3, -0.25) is 9.59 Å². The van der Waals surface area contributed by atoms with Crippen LogP contribution in [0.15, 0.2) is 89.6 Å². The van der Waals surface area contributed by atoms with Gasteiger partial charge in [-0.15, -0.1) is 0 Å². The van der Waals surface area contributed by atoms with E-state index in [1.165, 1.54) is 6.08 Å². The third-order valence-corrected chi connectivity index (χ3v) is 6.49. The molecule has 0 saturated heterocycles. The van der Waals surface area contributed by atoms with Crippen LogP contribution >= 0.6 is 0 Å². The fourth-order valence-corrected chi connectivity index (χ4v) is 4.61. The molecule has 1 aliphatic carbocycles. The average Bonchev–Trinajstić information content (AvgIpc) is 3.50. The van der Waals surface area contributed by atoms with E-state index in [0.29, 0.717) is 17.7 Å². The molecule has 0 amide bonds.